The van der Waals surface area contributed by atoms with Crippen LogP contribution >= 0.6 is 0 Å². The summed E-state index contributed by atoms with van der Waals surface area (Å²) < 4.78 is 0. The average molecular weight is 275 g/mol. The summed E-state index contributed by atoms with van der Waals surface area (Å²) >= 11 is 0. The molecule has 2 atom stereocenters. The van der Waals surface area contributed by atoms with Crippen LogP contribution in [0.2, 0.25) is 0 Å². The molecule has 0 amide bonds. The molecule has 1 aromatic rings. The van der Waals surface area contributed by atoms with Gasteiger partial charge in [0.15, 0.2) is 0 Å². The maximum absolute atomic E-state index is 10.1. The number of rotatable bonds is 0. The van der Waals surface area contributed by atoms with E-state index in [4.69, 9.17) is 0 Å². The summed E-state index contributed by atoms with van der Waals surface area (Å²) in [7, 11) is 0. The van der Waals surface area contributed by atoms with Crippen LogP contribution in [0.25, 0.3) is 6.08 Å². The lowest BCUT2D eigenvalue weighted by molar-refractivity contribution is 0.140. The number of benzene rings is 1. The first kappa shape index (κ1) is 13.6. The Bertz CT molecular complexity index is 757. The predicted molar refractivity (Wildman–Crippen MR) is 82.6 cm³/mol. The van der Waals surface area contributed by atoms with E-state index in [-0.39, 0.29) is 0 Å². The lowest BCUT2D eigenvalue weighted by Gasteiger charge is -2.53. The van der Waals surface area contributed by atoms with Gasteiger partial charge in [-0.3, -0.25) is 4.99 Å². The van der Waals surface area contributed by atoms with Crippen molar-refractivity contribution in [1.29, 1.82) is 10.5 Å². The first-order valence-corrected chi connectivity index (χ1v) is 7.08. The first-order valence-electron chi connectivity index (χ1n) is 7.08. The molecule has 3 rings (SSSR count). The molecule has 1 heterocycles. The van der Waals surface area contributed by atoms with Crippen LogP contribution in [-0.4, -0.2) is 12.3 Å². The Labute approximate surface area is 125 Å². The molecule has 0 saturated heterocycles. The van der Waals surface area contributed by atoms with E-state index in [1.54, 1.807) is 0 Å². The zero-order valence-corrected chi connectivity index (χ0v) is 12.5. The SMILES string of the molecule is CC1=NCC(C)(C)C2(C#N)C=Cc3ccccc3C12C#N. The number of nitriles is 2. The molecule has 1 aliphatic carbocycles. The van der Waals surface area contributed by atoms with Gasteiger partial charge < -0.3 is 0 Å². The molecule has 1 aliphatic heterocycles. The molecule has 0 aromatic heterocycles. The summed E-state index contributed by atoms with van der Waals surface area (Å²) in [5.74, 6) is 0. The molecular formula is C18H17N3. The van der Waals surface area contributed by atoms with Crippen LogP contribution in [-0.2, 0) is 5.41 Å². The molecule has 104 valence electrons. The highest BCUT2D eigenvalue weighted by atomic mass is 14.9. The fourth-order valence-electron chi connectivity index (χ4n) is 3.81. The largest absolute Gasteiger partial charge is 0.292 e. The Kier molecular flexibility index (Phi) is 2.62. The zero-order chi connectivity index (χ0) is 15.3. The molecule has 3 nitrogen and oxygen atoms in total. The van der Waals surface area contributed by atoms with Crippen molar-refractivity contribution in [3.8, 4) is 12.1 Å². The Morgan fingerprint density at radius 2 is 1.86 bits per heavy atom. The van der Waals surface area contributed by atoms with Gasteiger partial charge in [-0.05, 0) is 18.1 Å². The summed E-state index contributed by atoms with van der Waals surface area (Å²) in [5.41, 5.74) is 0.329. The molecule has 2 aliphatic rings. The van der Waals surface area contributed by atoms with Gasteiger partial charge in [0.25, 0.3) is 0 Å². The molecule has 3 heteroatoms. The van der Waals surface area contributed by atoms with Crippen molar-refractivity contribution >= 4 is 11.8 Å². The van der Waals surface area contributed by atoms with Crippen LogP contribution in [0.4, 0.5) is 0 Å². The molecule has 0 spiro atoms. The second-order valence-corrected chi connectivity index (χ2v) is 6.49. The number of hydrogen-bond donors (Lipinski definition) is 0. The second-order valence-electron chi connectivity index (χ2n) is 6.49. The Morgan fingerprint density at radius 3 is 2.52 bits per heavy atom. The molecule has 2 unspecified atom stereocenters. The summed E-state index contributed by atoms with van der Waals surface area (Å²) in [5, 5.41) is 20.2. The normalized spacial score (nSPS) is 32.1. The molecule has 21 heavy (non-hydrogen) atoms. The third-order valence-corrected chi connectivity index (χ3v) is 5.13. The minimum absolute atomic E-state index is 0.402. The van der Waals surface area contributed by atoms with Gasteiger partial charge in [0.1, 0.15) is 10.8 Å². The fraction of sp³-hybridized carbons (Fsp3) is 0.389. The topological polar surface area (TPSA) is 59.9 Å². The molecule has 0 radical (unpaired) electrons. The Balaban J connectivity index is 2.49. The first-order chi connectivity index (χ1) is 9.95. The quantitative estimate of drug-likeness (QED) is 0.727. The van der Waals surface area contributed by atoms with Crippen molar-refractivity contribution in [2.24, 2.45) is 15.8 Å². The van der Waals surface area contributed by atoms with Crippen LogP contribution in [0.5, 0.6) is 0 Å². The summed E-state index contributed by atoms with van der Waals surface area (Å²) in [6, 6.07) is 12.8. The van der Waals surface area contributed by atoms with Crippen molar-refractivity contribution in [2.75, 3.05) is 6.54 Å². The van der Waals surface area contributed by atoms with Gasteiger partial charge in [-0.25, -0.2) is 0 Å². The maximum atomic E-state index is 10.1. The minimum atomic E-state index is -1.01. The standard InChI is InChI=1S/C18H17N3/c1-13-18(11-20)15-7-5-4-6-14(15)8-9-17(18,10-19)16(2,3)12-21-13/h4-9H,12H2,1-3H3. The van der Waals surface area contributed by atoms with Gasteiger partial charge in [-0.1, -0.05) is 50.3 Å². The highest BCUT2D eigenvalue weighted by Gasteiger charge is 2.65. The monoisotopic (exact) mass is 275 g/mol. The second kappa shape index (κ2) is 4.06. The predicted octanol–water partition coefficient (Wildman–Crippen LogP) is 3.49. The van der Waals surface area contributed by atoms with Crippen LogP contribution in [0.1, 0.15) is 31.9 Å². The third-order valence-electron chi connectivity index (χ3n) is 5.13. The highest BCUT2D eigenvalue weighted by molar-refractivity contribution is 6.01. The summed E-state index contributed by atoms with van der Waals surface area (Å²) in [6.07, 6.45) is 3.91. The third kappa shape index (κ3) is 1.34. The Hall–Kier alpha value is -2.39. The highest BCUT2D eigenvalue weighted by Crippen LogP contribution is 2.59. The van der Waals surface area contributed by atoms with Crippen molar-refractivity contribution in [3.05, 3.63) is 41.5 Å². The number of fused-ring (bicyclic) bond motifs is 3. The van der Waals surface area contributed by atoms with Crippen molar-refractivity contribution in [3.63, 3.8) is 0 Å². The van der Waals surface area contributed by atoms with Crippen LogP contribution in [0.3, 0.4) is 0 Å². The number of hydrogen-bond acceptors (Lipinski definition) is 3. The van der Waals surface area contributed by atoms with E-state index in [0.29, 0.717) is 6.54 Å². The van der Waals surface area contributed by atoms with Gasteiger partial charge in [-0.15, -0.1) is 0 Å². The van der Waals surface area contributed by atoms with E-state index < -0.39 is 16.2 Å². The summed E-state index contributed by atoms with van der Waals surface area (Å²) in [4.78, 5) is 4.61. The van der Waals surface area contributed by atoms with Crippen molar-refractivity contribution in [1.82, 2.24) is 0 Å². The van der Waals surface area contributed by atoms with Gasteiger partial charge in [-0.2, -0.15) is 10.5 Å². The van der Waals surface area contributed by atoms with Gasteiger partial charge >= 0.3 is 0 Å². The summed E-state index contributed by atoms with van der Waals surface area (Å²) in [6.45, 7) is 6.48. The van der Waals surface area contributed by atoms with Crippen LogP contribution in [0, 0.1) is 33.5 Å². The van der Waals surface area contributed by atoms with Crippen LogP contribution in [0.15, 0.2) is 35.3 Å². The van der Waals surface area contributed by atoms with Crippen molar-refractivity contribution < 1.29 is 0 Å². The van der Waals surface area contributed by atoms with E-state index in [0.717, 1.165) is 16.8 Å². The molecule has 0 saturated carbocycles. The molecule has 0 bridgehead atoms. The van der Waals surface area contributed by atoms with E-state index in [2.05, 4.69) is 17.1 Å². The van der Waals surface area contributed by atoms with E-state index in [1.807, 2.05) is 57.2 Å². The molecular weight excluding hydrogens is 258 g/mol. The number of aliphatic imine (C=N–C) groups is 1. The average Bonchev–Trinajstić information content (AvgIpc) is 2.50. The molecule has 0 N–H and O–H groups in total. The van der Waals surface area contributed by atoms with E-state index in [1.165, 1.54) is 0 Å². The zero-order valence-electron chi connectivity index (χ0n) is 12.5. The van der Waals surface area contributed by atoms with E-state index >= 15 is 0 Å². The molecule has 0 fully saturated rings. The smallest absolute Gasteiger partial charge is 0.143 e. The number of allylic oxidation sites excluding steroid dienone is 1. The fourth-order valence-corrected chi connectivity index (χ4v) is 3.81. The minimum Gasteiger partial charge on any atom is -0.292 e. The lowest BCUT2D eigenvalue weighted by atomic mass is 9.46. The Morgan fingerprint density at radius 1 is 1.14 bits per heavy atom. The molecule has 1 aromatic carbocycles. The van der Waals surface area contributed by atoms with Crippen LogP contribution < -0.4 is 0 Å². The van der Waals surface area contributed by atoms with Gasteiger partial charge in [0, 0.05) is 17.7 Å². The van der Waals surface area contributed by atoms with Gasteiger partial charge in [0.05, 0.1) is 12.1 Å². The van der Waals surface area contributed by atoms with E-state index in [9.17, 15) is 10.5 Å². The van der Waals surface area contributed by atoms with Crippen molar-refractivity contribution in [2.45, 2.75) is 26.2 Å². The van der Waals surface area contributed by atoms with Gasteiger partial charge in [0.2, 0.25) is 0 Å². The lowest BCUT2D eigenvalue weighted by Crippen LogP contribution is -2.60. The number of nitrogens with zero attached hydrogens (tertiary/aromatic N) is 3. The maximum Gasteiger partial charge on any atom is 0.143 e.